The van der Waals surface area contributed by atoms with Gasteiger partial charge >= 0.3 is 5.97 Å². The third kappa shape index (κ3) is 6.12. The van der Waals surface area contributed by atoms with E-state index in [1.807, 2.05) is 0 Å². The van der Waals surface area contributed by atoms with Crippen molar-refractivity contribution in [1.29, 1.82) is 0 Å². The maximum absolute atomic E-state index is 11.8. The van der Waals surface area contributed by atoms with Crippen LogP contribution in [0.3, 0.4) is 0 Å². The number of ether oxygens (including phenoxy) is 2. The minimum Gasteiger partial charge on any atom is -0.482 e. The third-order valence-electron chi connectivity index (χ3n) is 3.28. The first-order chi connectivity index (χ1) is 12.8. The van der Waals surface area contributed by atoms with E-state index < -0.39 is 30.0 Å². The lowest BCUT2D eigenvalue weighted by atomic mass is 10.2. The summed E-state index contributed by atoms with van der Waals surface area (Å²) in [5.41, 5.74) is 0.354. The van der Waals surface area contributed by atoms with Gasteiger partial charge in [-0.1, -0.05) is 23.2 Å². The summed E-state index contributed by atoms with van der Waals surface area (Å²) in [6, 6.07) is 8.58. The van der Waals surface area contributed by atoms with E-state index in [-0.39, 0.29) is 16.4 Å². The second-order valence-electron chi connectivity index (χ2n) is 5.33. The van der Waals surface area contributed by atoms with Crippen molar-refractivity contribution in [1.82, 2.24) is 0 Å². The molecule has 2 aromatic rings. The number of amides is 1. The highest BCUT2D eigenvalue weighted by molar-refractivity contribution is 6.31. The van der Waals surface area contributed by atoms with Gasteiger partial charge in [-0.15, -0.1) is 0 Å². The number of hydrogen-bond acceptors (Lipinski definition) is 6. The second kappa shape index (κ2) is 9.20. The Balaban J connectivity index is 1.84. The molecule has 0 spiro atoms. The van der Waals surface area contributed by atoms with E-state index in [4.69, 9.17) is 32.7 Å². The Hall–Kier alpha value is -2.84. The van der Waals surface area contributed by atoms with Crippen LogP contribution in [-0.2, 0) is 14.3 Å². The summed E-state index contributed by atoms with van der Waals surface area (Å²) >= 11 is 11.7. The van der Waals surface area contributed by atoms with Crippen molar-refractivity contribution >= 4 is 46.5 Å². The molecule has 0 heterocycles. The molecule has 0 aliphatic rings. The van der Waals surface area contributed by atoms with Crippen LogP contribution in [0.4, 0.5) is 11.4 Å². The van der Waals surface area contributed by atoms with E-state index in [1.54, 1.807) is 25.1 Å². The van der Waals surface area contributed by atoms with Crippen molar-refractivity contribution in [3.05, 3.63) is 62.1 Å². The lowest BCUT2D eigenvalue weighted by molar-refractivity contribution is -0.383. The number of carbonyl (C=O) groups is 2. The highest BCUT2D eigenvalue weighted by Crippen LogP contribution is 2.27. The molecular formula is C17H14Cl2N2O6. The van der Waals surface area contributed by atoms with Crippen LogP contribution >= 0.6 is 23.2 Å². The van der Waals surface area contributed by atoms with Gasteiger partial charge in [0, 0.05) is 16.1 Å². The van der Waals surface area contributed by atoms with E-state index in [9.17, 15) is 19.7 Å². The number of aryl methyl sites for hydroxylation is 1. The van der Waals surface area contributed by atoms with Crippen LogP contribution in [0.5, 0.6) is 5.75 Å². The van der Waals surface area contributed by atoms with E-state index in [0.29, 0.717) is 10.8 Å². The van der Waals surface area contributed by atoms with Crippen molar-refractivity contribution in [2.45, 2.75) is 6.92 Å². The van der Waals surface area contributed by atoms with Gasteiger partial charge in [-0.25, -0.2) is 4.79 Å². The maximum Gasteiger partial charge on any atom is 0.344 e. The van der Waals surface area contributed by atoms with Gasteiger partial charge in [0.25, 0.3) is 11.6 Å². The summed E-state index contributed by atoms with van der Waals surface area (Å²) in [6.07, 6.45) is 0. The van der Waals surface area contributed by atoms with E-state index in [2.05, 4.69) is 5.32 Å². The number of anilines is 1. The number of hydrogen-bond donors (Lipinski definition) is 1. The second-order valence-corrected chi connectivity index (χ2v) is 6.17. The smallest absolute Gasteiger partial charge is 0.344 e. The molecule has 0 radical (unpaired) electrons. The predicted octanol–water partition coefficient (Wildman–Crippen LogP) is 3.77. The Morgan fingerprint density at radius 2 is 1.89 bits per heavy atom. The summed E-state index contributed by atoms with van der Waals surface area (Å²) in [4.78, 5) is 33.8. The number of rotatable bonds is 7. The molecule has 8 nitrogen and oxygen atoms in total. The number of esters is 1. The molecule has 0 saturated heterocycles. The average molecular weight is 413 g/mol. The minimum atomic E-state index is -0.779. The monoisotopic (exact) mass is 412 g/mol. The van der Waals surface area contributed by atoms with Crippen LogP contribution in [0.25, 0.3) is 0 Å². The summed E-state index contributed by atoms with van der Waals surface area (Å²) < 4.78 is 10.0. The molecule has 0 saturated carbocycles. The molecular weight excluding hydrogens is 399 g/mol. The molecule has 2 rings (SSSR count). The summed E-state index contributed by atoms with van der Waals surface area (Å²) in [6.45, 7) is 0.740. The van der Waals surface area contributed by atoms with Crippen LogP contribution < -0.4 is 10.1 Å². The van der Waals surface area contributed by atoms with Gasteiger partial charge in [-0.05, 0) is 42.8 Å². The minimum absolute atomic E-state index is 0.0959. The van der Waals surface area contributed by atoms with Gasteiger partial charge in [0.2, 0.25) is 0 Å². The fourth-order valence-corrected chi connectivity index (χ4v) is 2.28. The Labute approximate surface area is 164 Å². The topological polar surface area (TPSA) is 108 Å². The standard InChI is InChI=1S/C17H14Cl2N2O6/c1-10-6-12(3-4-13(10)19)26-9-17(23)27-8-16(22)20-14-7-11(18)2-5-15(14)21(24)25/h2-7H,8-9H2,1H3,(H,20,22). The molecule has 1 N–H and O–H groups in total. The van der Waals surface area contributed by atoms with Gasteiger partial charge in [0.05, 0.1) is 4.92 Å². The quantitative estimate of drug-likeness (QED) is 0.421. The zero-order valence-electron chi connectivity index (χ0n) is 14.0. The molecule has 142 valence electrons. The molecule has 27 heavy (non-hydrogen) atoms. The van der Waals surface area contributed by atoms with Crippen LogP contribution in [0.15, 0.2) is 36.4 Å². The number of nitrogens with one attached hydrogen (secondary N) is 1. The summed E-state index contributed by atoms with van der Waals surface area (Å²) in [5.74, 6) is -1.11. The molecule has 0 aromatic heterocycles. The van der Waals surface area contributed by atoms with Gasteiger partial charge in [-0.2, -0.15) is 0 Å². The van der Waals surface area contributed by atoms with Crippen molar-refractivity contribution in [3.8, 4) is 5.75 Å². The number of nitro groups is 1. The lowest BCUT2D eigenvalue weighted by Gasteiger charge is -2.09. The molecule has 0 aliphatic carbocycles. The van der Waals surface area contributed by atoms with Crippen LogP contribution in [-0.4, -0.2) is 30.0 Å². The molecule has 2 aromatic carbocycles. The van der Waals surface area contributed by atoms with E-state index in [0.717, 1.165) is 11.6 Å². The largest absolute Gasteiger partial charge is 0.482 e. The van der Waals surface area contributed by atoms with Crippen molar-refractivity contribution in [2.24, 2.45) is 0 Å². The van der Waals surface area contributed by atoms with Crippen LogP contribution in [0, 0.1) is 17.0 Å². The molecule has 0 aliphatic heterocycles. The Kier molecular flexibility index (Phi) is 6.98. The number of nitro benzene ring substituents is 1. The summed E-state index contributed by atoms with van der Waals surface area (Å²) in [5, 5.41) is 14.0. The predicted molar refractivity (Wildman–Crippen MR) is 99.4 cm³/mol. The molecule has 0 unspecified atom stereocenters. The Bertz CT molecular complexity index is 888. The summed E-state index contributed by atoms with van der Waals surface area (Å²) in [7, 11) is 0. The first-order valence-electron chi connectivity index (χ1n) is 7.54. The number of halogens is 2. The highest BCUT2D eigenvalue weighted by atomic mass is 35.5. The number of nitrogens with zero attached hydrogens (tertiary/aromatic N) is 1. The third-order valence-corrected chi connectivity index (χ3v) is 3.94. The molecule has 0 fully saturated rings. The average Bonchev–Trinajstić information content (AvgIpc) is 2.60. The van der Waals surface area contributed by atoms with Gasteiger partial charge in [0.15, 0.2) is 13.2 Å². The Morgan fingerprint density at radius 3 is 2.56 bits per heavy atom. The molecule has 0 atom stereocenters. The fourth-order valence-electron chi connectivity index (χ4n) is 1.99. The maximum atomic E-state index is 11.8. The molecule has 1 amide bonds. The zero-order chi connectivity index (χ0) is 20.0. The van der Waals surface area contributed by atoms with Crippen molar-refractivity contribution < 1.29 is 24.0 Å². The SMILES string of the molecule is Cc1cc(OCC(=O)OCC(=O)Nc2cc(Cl)ccc2[N+](=O)[O-])ccc1Cl. The van der Waals surface area contributed by atoms with E-state index >= 15 is 0 Å². The fraction of sp³-hybridized carbons (Fsp3) is 0.176. The number of carbonyl (C=O) groups excluding carboxylic acids is 2. The zero-order valence-corrected chi connectivity index (χ0v) is 15.5. The number of benzene rings is 2. The van der Waals surface area contributed by atoms with E-state index in [1.165, 1.54) is 12.1 Å². The van der Waals surface area contributed by atoms with Gasteiger partial charge < -0.3 is 14.8 Å². The van der Waals surface area contributed by atoms with Crippen LogP contribution in [0.2, 0.25) is 10.0 Å². The van der Waals surface area contributed by atoms with Crippen LogP contribution in [0.1, 0.15) is 5.56 Å². The highest BCUT2D eigenvalue weighted by Gasteiger charge is 2.17. The first-order valence-corrected chi connectivity index (χ1v) is 8.30. The first kappa shape index (κ1) is 20.5. The Morgan fingerprint density at radius 1 is 1.15 bits per heavy atom. The molecule has 10 heteroatoms. The molecule has 0 bridgehead atoms. The van der Waals surface area contributed by atoms with Gasteiger partial charge in [-0.3, -0.25) is 14.9 Å². The van der Waals surface area contributed by atoms with Crippen molar-refractivity contribution in [2.75, 3.05) is 18.5 Å². The van der Waals surface area contributed by atoms with Gasteiger partial charge in [0.1, 0.15) is 11.4 Å². The van der Waals surface area contributed by atoms with Crippen molar-refractivity contribution in [3.63, 3.8) is 0 Å². The normalized spacial score (nSPS) is 10.2. The lowest BCUT2D eigenvalue weighted by Crippen LogP contribution is -2.24.